The van der Waals surface area contributed by atoms with E-state index in [-0.39, 0.29) is 17.3 Å². The highest BCUT2D eigenvalue weighted by atomic mass is 16.5. The second-order valence-electron chi connectivity index (χ2n) is 9.36. The summed E-state index contributed by atoms with van der Waals surface area (Å²) in [6.45, 7) is 14.0. The van der Waals surface area contributed by atoms with Gasteiger partial charge in [-0.3, -0.25) is 4.79 Å². The van der Waals surface area contributed by atoms with Gasteiger partial charge in [-0.2, -0.15) is 0 Å². The van der Waals surface area contributed by atoms with Gasteiger partial charge < -0.3 is 4.74 Å². The van der Waals surface area contributed by atoms with E-state index in [1.54, 1.807) is 7.11 Å². The maximum atomic E-state index is 12.7. The van der Waals surface area contributed by atoms with Crippen molar-refractivity contribution in [3.05, 3.63) is 11.6 Å². The van der Waals surface area contributed by atoms with Crippen LogP contribution in [0.5, 0.6) is 0 Å². The largest absolute Gasteiger partial charge is 0.469 e. The van der Waals surface area contributed by atoms with Crippen molar-refractivity contribution in [3.8, 4) is 0 Å². The van der Waals surface area contributed by atoms with E-state index < -0.39 is 0 Å². The smallest absolute Gasteiger partial charge is 0.309 e. The summed E-state index contributed by atoms with van der Waals surface area (Å²) in [7, 11) is 1.56. The molecule has 0 N–H and O–H groups in total. The van der Waals surface area contributed by atoms with Gasteiger partial charge in [-0.05, 0) is 74.5 Å². The summed E-state index contributed by atoms with van der Waals surface area (Å²) in [5.41, 5.74) is 1.87. The van der Waals surface area contributed by atoms with Crippen LogP contribution in [0.1, 0.15) is 80.1 Å². The van der Waals surface area contributed by atoms with Crippen molar-refractivity contribution in [3.63, 3.8) is 0 Å². The molecule has 0 aromatic carbocycles. The number of ether oxygens (including phenoxy) is 1. The summed E-state index contributed by atoms with van der Waals surface area (Å²) in [5.74, 6) is 2.01. The number of methoxy groups -OCH3 is 1. The van der Waals surface area contributed by atoms with Crippen molar-refractivity contribution in [1.29, 1.82) is 0 Å². The molecule has 2 rings (SSSR count). The predicted molar refractivity (Wildman–Crippen MR) is 101 cm³/mol. The standard InChI is InChI=1S/C22H38O2/c1-8-15(2)9-11-17-16(3)10-12-19-21(4,5)14-13-18(20(23)24-7)22(17,19)6/h8,16-19H,9-14H2,1-7H3/t16-,17-,18?,19-,22-/m0/s1. The van der Waals surface area contributed by atoms with Crippen molar-refractivity contribution in [2.45, 2.75) is 80.1 Å². The van der Waals surface area contributed by atoms with E-state index in [0.717, 1.165) is 19.3 Å². The lowest BCUT2D eigenvalue weighted by atomic mass is 9.43. The molecule has 0 saturated heterocycles. The molecule has 0 bridgehead atoms. The van der Waals surface area contributed by atoms with Crippen LogP contribution in [-0.2, 0) is 9.53 Å². The Morgan fingerprint density at radius 2 is 1.88 bits per heavy atom. The van der Waals surface area contributed by atoms with Gasteiger partial charge in [0.1, 0.15) is 0 Å². The highest BCUT2D eigenvalue weighted by molar-refractivity contribution is 5.73. The van der Waals surface area contributed by atoms with Crippen molar-refractivity contribution in [2.75, 3.05) is 7.11 Å². The predicted octanol–water partition coefficient (Wildman–Crippen LogP) is 6.01. The Kier molecular flexibility index (Phi) is 5.87. The van der Waals surface area contributed by atoms with Crippen LogP contribution in [0.15, 0.2) is 11.6 Å². The summed E-state index contributed by atoms with van der Waals surface area (Å²) < 4.78 is 5.25. The summed E-state index contributed by atoms with van der Waals surface area (Å²) in [5, 5.41) is 0. The molecule has 0 aliphatic heterocycles. The zero-order chi connectivity index (χ0) is 18.1. The van der Waals surface area contributed by atoms with Gasteiger partial charge in [0.05, 0.1) is 13.0 Å². The monoisotopic (exact) mass is 334 g/mol. The molecule has 2 fully saturated rings. The highest BCUT2D eigenvalue weighted by Crippen LogP contribution is 2.64. The van der Waals surface area contributed by atoms with Crippen LogP contribution in [0.25, 0.3) is 0 Å². The lowest BCUT2D eigenvalue weighted by molar-refractivity contribution is -0.176. The molecule has 0 spiro atoms. The number of allylic oxidation sites excluding steroid dienone is 2. The van der Waals surface area contributed by atoms with E-state index in [9.17, 15) is 4.79 Å². The van der Waals surface area contributed by atoms with Crippen LogP contribution in [0.4, 0.5) is 0 Å². The highest BCUT2D eigenvalue weighted by Gasteiger charge is 2.59. The van der Waals surface area contributed by atoms with Crippen LogP contribution in [-0.4, -0.2) is 13.1 Å². The van der Waals surface area contributed by atoms with Gasteiger partial charge in [-0.15, -0.1) is 0 Å². The fourth-order valence-corrected chi connectivity index (χ4v) is 6.19. The minimum absolute atomic E-state index is 0.0276. The number of carbonyl (C=O) groups excluding carboxylic acids is 1. The van der Waals surface area contributed by atoms with E-state index in [2.05, 4.69) is 47.6 Å². The topological polar surface area (TPSA) is 26.3 Å². The second kappa shape index (κ2) is 7.22. The van der Waals surface area contributed by atoms with Crippen molar-refractivity contribution in [2.24, 2.45) is 34.5 Å². The fourth-order valence-electron chi connectivity index (χ4n) is 6.19. The van der Waals surface area contributed by atoms with Gasteiger partial charge in [0, 0.05) is 0 Å². The Morgan fingerprint density at radius 3 is 2.46 bits per heavy atom. The number of hydrogen-bond acceptors (Lipinski definition) is 2. The Labute approximate surface area is 149 Å². The SMILES string of the molecule is CC=C(C)CC[C@H]1[C@@H](C)CC[C@H]2C(C)(C)CCC(C(=O)OC)[C@]12C. The summed E-state index contributed by atoms with van der Waals surface area (Å²) in [6.07, 6.45) is 9.28. The minimum Gasteiger partial charge on any atom is -0.469 e. The molecule has 2 saturated carbocycles. The van der Waals surface area contributed by atoms with Crippen molar-refractivity contribution >= 4 is 5.97 Å². The van der Waals surface area contributed by atoms with Gasteiger partial charge in [0.25, 0.3) is 0 Å². The molecule has 2 heteroatoms. The van der Waals surface area contributed by atoms with E-state index in [0.29, 0.717) is 23.2 Å². The van der Waals surface area contributed by atoms with Gasteiger partial charge in [0.2, 0.25) is 0 Å². The molecule has 0 aromatic rings. The molecule has 0 heterocycles. The van der Waals surface area contributed by atoms with Gasteiger partial charge >= 0.3 is 5.97 Å². The first kappa shape index (κ1) is 19.5. The maximum absolute atomic E-state index is 12.7. The normalized spacial score (nSPS) is 39.2. The zero-order valence-electron chi connectivity index (χ0n) is 16.9. The molecule has 2 nitrogen and oxygen atoms in total. The molecular weight excluding hydrogens is 296 g/mol. The van der Waals surface area contributed by atoms with Gasteiger partial charge in [-0.1, -0.05) is 45.8 Å². The molecule has 138 valence electrons. The van der Waals surface area contributed by atoms with E-state index in [1.807, 2.05) is 0 Å². The molecule has 0 amide bonds. The molecule has 0 aromatic heterocycles. The Morgan fingerprint density at radius 1 is 1.21 bits per heavy atom. The maximum Gasteiger partial charge on any atom is 0.309 e. The molecule has 1 unspecified atom stereocenters. The first-order valence-electron chi connectivity index (χ1n) is 9.88. The third-order valence-corrected chi connectivity index (χ3v) is 7.75. The molecule has 0 radical (unpaired) electrons. The fraction of sp³-hybridized carbons (Fsp3) is 0.864. The second-order valence-corrected chi connectivity index (χ2v) is 9.36. The van der Waals surface area contributed by atoms with Crippen LogP contribution in [0.3, 0.4) is 0 Å². The Hall–Kier alpha value is -0.790. The van der Waals surface area contributed by atoms with Crippen LogP contribution in [0.2, 0.25) is 0 Å². The van der Waals surface area contributed by atoms with Crippen molar-refractivity contribution in [1.82, 2.24) is 0 Å². The van der Waals surface area contributed by atoms with Crippen LogP contribution < -0.4 is 0 Å². The molecule has 2 aliphatic carbocycles. The zero-order valence-corrected chi connectivity index (χ0v) is 16.9. The average Bonchev–Trinajstić information content (AvgIpc) is 2.52. The number of rotatable bonds is 4. The third-order valence-electron chi connectivity index (χ3n) is 7.75. The van der Waals surface area contributed by atoms with Crippen LogP contribution >= 0.6 is 0 Å². The number of hydrogen-bond donors (Lipinski definition) is 0. The lowest BCUT2D eigenvalue weighted by Crippen LogP contribution is -2.57. The number of fused-ring (bicyclic) bond motifs is 1. The number of esters is 1. The quantitative estimate of drug-likeness (QED) is 0.465. The average molecular weight is 335 g/mol. The van der Waals surface area contributed by atoms with E-state index >= 15 is 0 Å². The Bertz CT molecular complexity index is 490. The van der Waals surface area contributed by atoms with E-state index in [4.69, 9.17) is 4.74 Å². The Balaban J connectivity index is 2.40. The van der Waals surface area contributed by atoms with Gasteiger partial charge in [0.15, 0.2) is 0 Å². The number of carbonyl (C=O) groups is 1. The minimum atomic E-state index is 0.0276. The molecule has 24 heavy (non-hydrogen) atoms. The first-order valence-corrected chi connectivity index (χ1v) is 9.88. The van der Waals surface area contributed by atoms with Gasteiger partial charge in [-0.25, -0.2) is 0 Å². The third kappa shape index (κ3) is 3.30. The first-order chi connectivity index (χ1) is 11.2. The molecule has 5 atom stereocenters. The lowest BCUT2D eigenvalue weighted by Gasteiger charge is -2.61. The summed E-state index contributed by atoms with van der Waals surface area (Å²) >= 11 is 0. The van der Waals surface area contributed by atoms with Crippen LogP contribution in [0, 0.1) is 34.5 Å². The molecular formula is C22H38O2. The summed E-state index contributed by atoms with van der Waals surface area (Å²) in [4.78, 5) is 12.7. The molecule has 2 aliphatic rings. The van der Waals surface area contributed by atoms with E-state index in [1.165, 1.54) is 24.8 Å². The summed E-state index contributed by atoms with van der Waals surface area (Å²) in [6, 6.07) is 0. The van der Waals surface area contributed by atoms with Crippen molar-refractivity contribution < 1.29 is 9.53 Å².